The van der Waals surface area contributed by atoms with Crippen LogP contribution in [0.2, 0.25) is 0 Å². The molecule has 1 N–H and O–H groups in total. The van der Waals surface area contributed by atoms with E-state index in [1.807, 2.05) is 0 Å². The summed E-state index contributed by atoms with van der Waals surface area (Å²) in [6, 6.07) is 0.635. The average Bonchev–Trinajstić information content (AvgIpc) is 2.30. The molecule has 0 saturated carbocycles. The predicted molar refractivity (Wildman–Crippen MR) is 73.4 cm³/mol. The van der Waals surface area contributed by atoms with Crippen molar-refractivity contribution in [1.82, 2.24) is 10.2 Å². The molecule has 0 bridgehead atoms. The molecule has 0 aromatic rings. The van der Waals surface area contributed by atoms with Gasteiger partial charge in [0.2, 0.25) is 0 Å². The molecule has 0 aromatic heterocycles. The SMILES string of the molecule is CCC(NCC(C)(C)N1CCOCC1)C(C)C. The quantitative estimate of drug-likeness (QED) is 0.772. The van der Waals surface area contributed by atoms with E-state index in [2.05, 4.69) is 44.8 Å². The Bertz CT molecular complexity index is 210. The number of rotatable bonds is 6. The summed E-state index contributed by atoms with van der Waals surface area (Å²) in [7, 11) is 0. The van der Waals surface area contributed by atoms with E-state index in [0.717, 1.165) is 32.8 Å². The zero-order valence-electron chi connectivity index (χ0n) is 12.3. The summed E-state index contributed by atoms with van der Waals surface area (Å²) in [4.78, 5) is 2.54. The van der Waals surface area contributed by atoms with Crippen LogP contribution in [-0.4, -0.2) is 49.3 Å². The van der Waals surface area contributed by atoms with Gasteiger partial charge in [-0.05, 0) is 26.2 Å². The van der Waals surface area contributed by atoms with Crippen LogP contribution in [0.4, 0.5) is 0 Å². The summed E-state index contributed by atoms with van der Waals surface area (Å²) in [5.74, 6) is 0.709. The molecule has 1 aliphatic heterocycles. The van der Waals surface area contributed by atoms with E-state index < -0.39 is 0 Å². The van der Waals surface area contributed by atoms with Crippen LogP contribution in [0.25, 0.3) is 0 Å². The largest absolute Gasteiger partial charge is 0.379 e. The van der Waals surface area contributed by atoms with Crippen molar-refractivity contribution < 1.29 is 4.74 Å². The van der Waals surface area contributed by atoms with Gasteiger partial charge in [-0.2, -0.15) is 0 Å². The molecule has 0 aliphatic carbocycles. The molecule has 102 valence electrons. The molecular weight excluding hydrogens is 212 g/mol. The summed E-state index contributed by atoms with van der Waals surface area (Å²) >= 11 is 0. The molecule has 0 amide bonds. The Morgan fingerprint density at radius 2 is 1.82 bits per heavy atom. The number of nitrogens with zero attached hydrogens (tertiary/aromatic N) is 1. The van der Waals surface area contributed by atoms with Crippen LogP contribution < -0.4 is 5.32 Å². The molecule has 1 unspecified atom stereocenters. The number of hydrogen-bond donors (Lipinski definition) is 1. The van der Waals surface area contributed by atoms with Gasteiger partial charge in [0.25, 0.3) is 0 Å². The lowest BCUT2D eigenvalue weighted by molar-refractivity contribution is -0.0108. The first-order valence-corrected chi connectivity index (χ1v) is 7.03. The average molecular weight is 242 g/mol. The molecule has 17 heavy (non-hydrogen) atoms. The number of morpholine rings is 1. The predicted octanol–water partition coefficient (Wildman–Crippen LogP) is 2.12. The van der Waals surface area contributed by atoms with E-state index >= 15 is 0 Å². The minimum Gasteiger partial charge on any atom is -0.379 e. The van der Waals surface area contributed by atoms with Crippen molar-refractivity contribution in [2.45, 2.75) is 52.6 Å². The van der Waals surface area contributed by atoms with Gasteiger partial charge in [0.15, 0.2) is 0 Å². The Kier molecular flexibility index (Phi) is 5.90. The maximum absolute atomic E-state index is 5.42. The van der Waals surface area contributed by atoms with Crippen molar-refractivity contribution in [3.63, 3.8) is 0 Å². The fourth-order valence-corrected chi connectivity index (χ4v) is 2.51. The van der Waals surface area contributed by atoms with E-state index in [9.17, 15) is 0 Å². The fraction of sp³-hybridized carbons (Fsp3) is 1.00. The van der Waals surface area contributed by atoms with Gasteiger partial charge in [0.05, 0.1) is 13.2 Å². The van der Waals surface area contributed by atoms with Gasteiger partial charge in [0, 0.05) is 31.2 Å². The Hall–Kier alpha value is -0.120. The van der Waals surface area contributed by atoms with Crippen molar-refractivity contribution in [2.75, 3.05) is 32.8 Å². The van der Waals surface area contributed by atoms with E-state index in [-0.39, 0.29) is 5.54 Å². The van der Waals surface area contributed by atoms with Crippen LogP contribution in [-0.2, 0) is 4.74 Å². The summed E-state index contributed by atoms with van der Waals surface area (Å²) < 4.78 is 5.42. The molecule has 0 aromatic carbocycles. The van der Waals surface area contributed by atoms with Crippen molar-refractivity contribution in [3.8, 4) is 0 Å². The lowest BCUT2D eigenvalue weighted by atomic mass is 9.98. The highest BCUT2D eigenvalue weighted by Crippen LogP contribution is 2.16. The van der Waals surface area contributed by atoms with Gasteiger partial charge in [-0.25, -0.2) is 0 Å². The van der Waals surface area contributed by atoms with E-state index in [4.69, 9.17) is 4.74 Å². The van der Waals surface area contributed by atoms with Crippen LogP contribution in [0, 0.1) is 5.92 Å². The van der Waals surface area contributed by atoms with Crippen molar-refractivity contribution in [3.05, 3.63) is 0 Å². The smallest absolute Gasteiger partial charge is 0.0594 e. The number of nitrogens with one attached hydrogen (secondary N) is 1. The molecule has 1 atom stereocenters. The Morgan fingerprint density at radius 1 is 1.24 bits per heavy atom. The summed E-state index contributed by atoms with van der Waals surface area (Å²) in [6.07, 6.45) is 1.21. The zero-order chi connectivity index (χ0) is 12.9. The summed E-state index contributed by atoms with van der Waals surface area (Å²) in [5.41, 5.74) is 0.228. The fourth-order valence-electron chi connectivity index (χ4n) is 2.51. The second kappa shape index (κ2) is 6.72. The van der Waals surface area contributed by atoms with Crippen molar-refractivity contribution in [1.29, 1.82) is 0 Å². The third-order valence-electron chi connectivity index (χ3n) is 3.91. The first-order valence-electron chi connectivity index (χ1n) is 7.03. The van der Waals surface area contributed by atoms with Gasteiger partial charge in [-0.1, -0.05) is 20.8 Å². The minimum absolute atomic E-state index is 0.228. The Labute approximate surface area is 107 Å². The minimum atomic E-state index is 0.228. The van der Waals surface area contributed by atoms with E-state index in [1.165, 1.54) is 6.42 Å². The molecule has 1 rings (SSSR count). The Balaban J connectivity index is 2.41. The molecule has 1 heterocycles. The van der Waals surface area contributed by atoms with Crippen LogP contribution >= 0.6 is 0 Å². The van der Waals surface area contributed by atoms with Gasteiger partial charge < -0.3 is 10.1 Å². The molecule has 0 radical (unpaired) electrons. The van der Waals surface area contributed by atoms with Gasteiger partial charge in [-0.3, -0.25) is 4.90 Å². The normalized spacial score (nSPS) is 20.8. The van der Waals surface area contributed by atoms with Crippen LogP contribution in [0.3, 0.4) is 0 Å². The highest BCUT2D eigenvalue weighted by atomic mass is 16.5. The molecule has 3 heteroatoms. The lowest BCUT2D eigenvalue weighted by Crippen LogP contribution is -2.56. The first kappa shape index (κ1) is 14.9. The summed E-state index contributed by atoms with van der Waals surface area (Å²) in [5, 5.41) is 3.72. The molecular formula is C14H30N2O. The standard InChI is InChI=1S/C14H30N2O/c1-6-13(12(2)3)15-11-14(4,5)16-7-9-17-10-8-16/h12-13,15H,6-11H2,1-5H3. The number of ether oxygens (including phenoxy) is 1. The monoisotopic (exact) mass is 242 g/mol. The topological polar surface area (TPSA) is 24.5 Å². The lowest BCUT2D eigenvalue weighted by Gasteiger charge is -2.42. The molecule has 1 aliphatic rings. The molecule has 0 spiro atoms. The van der Waals surface area contributed by atoms with Crippen LogP contribution in [0.15, 0.2) is 0 Å². The first-order chi connectivity index (χ1) is 7.97. The second-order valence-corrected chi connectivity index (χ2v) is 6.05. The highest BCUT2D eigenvalue weighted by molar-refractivity contribution is 4.86. The van der Waals surface area contributed by atoms with Gasteiger partial charge in [-0.15, -0.1) is 0 Å². The van der Waals surface area contributed by atoms with E-state index in [0.29, 0.717) is 12.0 Å². The second-order valence-electron chi connectivity index (χ2n) is 6.05. The molecule has 3 nitrogen and oxygen atoms in total. The summed E-state index contributed by atoms with van der Waals surface area (Å²) in [6.45, 7) is 16.5. The zero-order valence-corrected chi connectivity index (χ0v) is 12.3. The van der Waals surface area contributed by atoms with E-state index in [1.54, 1.807) is 0 Å². The maximum Gasteiger partial charge on any atom is 0.0594 e. The van der Waals surface area contributed by atoms with Gasteiger partial charge >= 0.3 is 0 Å². The van der Waals surface area contributed by atoms with Crippen molar-refractivity contribution in [2.24, 2.45) is 5.92 Å². The maximum atomic E-state index is 5.42. The third kappa shape index (κ3) is 4.57. The van der Waals surface area contributed by atoms with Crippen LogP contribution in [0.1, 0.15) is 41.0 Å². The Morgan fingerprint density at radius 3 is 2.29 bits per heavy atom. The molecule has 1 fully saturated rings. The molecule has 1 saturated heterocycles. The van der Waals surface area contributed by atoms with Crippen molar-refractivity contribution >= 4 is 0 Å². The van der Waals surface area contributed by atoms with Crippen LogP contribution in [0.5, 0.6) is 0 Å². The number of hydrogen-bond acceptors (Lipinski definition) is 3. The third-order valence-corrected chi connectivity index (χ3v) is 3.91. The van der Waals surface area contributed by atoms with Gasteiger partial charge in [0.1, 0.15) is 0 Å². The highest BCUT2D eigenvalue weighted by Gasteiger charge is 2.28.